The maximum absolute atomic E-state index is 13.5. The molecule has 0 radical (unpaired) electrons. The van der Waals surface area contributed by atoms with Gasteiger partial charge in [-0.15, -0.1) is 0 Å². The maximum Gasteiger partial charge on any atom is 0.249 e. The van der Waals surface area contributed by atoms with Gasteiger partial charge in [0.15, 0.2) is 6.10 Å². The van der Waals surface area contributed by atoms with Gasteiger partial charge in [0.2, 0.25) is 5.91 Å². The number of hydrogen-bond acceptors (Lipinski definition) is 4. The molecule has 2 unspecified atom stereocenters. The molecular weight excluding hydrogens is 227 g/mol. The molecule has 4 N–H and O–H groups in total. The van der Waals surface area contributed by atoms with Gasteiger partial charge in [-0.3, -0.25) is 4.79 Å². The lowest BCUT2D eigenvalue weighted by molar-refractivity contribution is -0.132. The highest BCUT2D eigenvalue weighted by Crippen LogP contribution is 2.21. The van der Waals surface area contributed by atoms with Crippen LogP contribution in [0.3, 0.4) is 0 Å². The van der Waals surface area contributed by atoms with Gasteiger partial charge in [-0.2, -0.15) is 5.26 Å². The molecular formula is C11H11FN2O3. The van der Waals surface area contributed by atoms with Crippen molar-refractivity contribution in [2.24, 2.45) is 5.73 Å². The third-order valence-corrected chi connectivity index (χ3v) is 2.26. The SMILES string of the molecule is N#CCc1ccc(C(O)C(O)C(N)=O)c(F)c1. The number of rotatable bonds is 4. The number of aliphatic hydroxyl groups is 2. The number of carbonyl (C=O) groups is 1. The number of halogens is 1. The van der Waals surface area contributed by atoms with Gasteiger partial charge < -0.3 is 15.9 Å². The molecule has 0 fully saturated rings. The van der Waals surface area contributed by atoms with E-state index in [-0.39, 0.29) is 12.0 Å². The minimum absolute atomic E-state index is 0.0334. The molecule has 0 saturated carbocycles. The molecule has 1 rings (SSSR count). The van der Waals surface area contributed by atoms with E-state index in [4.69, 9.17) is 11.0 Å². The predicted octanol–water partition coefficient (Wildman–Crippen LogP) is -0.229. The van der Waals surface area contributed by atoms with E-state index in [1.54, 1.807) is 0 Å². The first-order valence-electron chi connectivity index (χ1n) is 4.78. The van der Waals surface area contributed by atoms with E-state index in [2.05, 4.69) is 0 Å². The molecule has 0 heterocycles. The highest BCUT2D eigenvalue weighted by molar-refractivity contribution is 5.79. The van der Waals surface area contributed by atoms with Crippen molar-refractivity contribution in [3.63, 3.8) is 0 Å². The van der Waals surface area contributed by atoms with Crippen LogP contribution in [0.1, 0.15) is 17.2 Å². The van der Waals surface area contributed by atoms with Crippen molar-refractivity contribution in [1.82, 2.24) is 0 Å². The Labute approximate surface area is 96.9 Å². The van der Waals surface area contributed by atoms with Crippen molar-refractivity contribution in [3.05, 3.63) is 35.1 Å². The van der Waals surface area contributed by atoms with Crippen LogP contribution in [0, 0.1) is 17.1 Å². The molecule has 0 spiro atoms. The fraction of sp³-hybridized carbons (Fsp3) is 0.273. The molecule has 2 atom stereocenters. The molecule has 6 heteroatoms. The lowest BCUT2D eigenvalue weighted by Crippen LogP contribution is -2.34. The largest absolute Gasteiger partial charge is 0.385 e. The van der Waals surface area contributed by atoms with Gasteiger partial charge in [-0.25, -0.2) is 4.39 Å². The van der Waals surface area contributed by atoms with Crippen molar-refractivity contribution >= 4 is 5.91 Å². The molecule has 1 aromatic rings. The number of nitrogens with two attached hydrogens (primary N) is 1. The summed E-state index contributed by atoms with van der Waals surface area (Å²) in [6.07, 6.45) is -3.55. The van der Waals surface area contributed by atoms with E-state index < -0.39 is 23.9 Å². The fourth-order valence-electron chi connectivity index (χ4n) is 1.34. The summed E-state index contributed by atoms with van der Waals surface area (Å²) in [6.45, 7) is 0. The Bertz CT molecular complexity index is 470. The van der Waals surface area contributed by atoms with Crippen LogP contribution in [0.5, 0.6) is 0 Å². The van der Waals surface area contributed by atoms with Crippen molar-refractivity contribution in [2.45, 2.75) is 18.6 Å². The number of nitriles is 1. The Morgan fingerprint density at radius 2 is 2.18 bits per heavy atom. The van der Waals surface area contributed by atoms with Crippen LogP contribution in [-0.2, 0) is 11.2 Å². The second-order valence-electron chi connectivity index (χ2n) is 3.48. The third-order valence-electron chi connectivity index (χ3n) is 2.26. The number of amides is 1. The number of carbonyl (C=O) groups excluding carboxylic acids is 1. The Balaban J connectivity index is 3.00. The maximum atomic E-state index is 13.5. The first-order valence-corrected chi connectivity index (χ1v) is 4.78. The van der Waals surface area contributed by atoms with Gasteiger partial charge >= 0.3 is 0 Å². The molecule has 0 aromatic heterocycles. The first kappa shape index (κ1) is 13.1. The summed E-state index contributed by atoms with van der Waals surface area (Å²) >= 11 is 0. The number of nitrogens with zero attached hydrogens (tertiary/aromatic N) is 1. The zero-order valence-electron chi connectivity index (χ0n) is 8.80. The average molecular weight is 238 g/mol. The minimum atomic E-state index is -1.87. The number of benzene rings is 1. The Morgan fingerprint density at radius 1 is 1.53 bits per heavy atom. The van der Waals surface area contributed by atoms with Crippen LogP contribution < -0.4 is 5.73 Å². The van der Waals surface area contributed by atoms with E-state index in [1.807, 2.05) is 6.07 Å². The molecule has 5 nitrogen and oxygen atoms in total. The van der Waals surface area contributed by atoms with Gasteiger partial charge in [0.05, 0.1) is 12.5 Å². The van der Waals surface area contributed by atoms with Gasteiger partial charge in [-0.1, -0.05) is 12.1 Å². The molecule has 1 amide bonds. The van der Waals surface area contributed by atoms with Crippen molar-refractivity contribution in [3.8, 4) is 6.07 Å². The summed E-state index contributed by atoms with van der Waals surface area (Å²) < 4.78 is 13.5. The van der Waals surface area contributed by atoms with E-state index >= 15 is 0 Å². The smallest absolute Gasteiger partial charge is 0.249 e. The molecule has 0 saturated heterocycles. The number of primary amides is 1. The van der Waals surface area contributed by atoms with E-state index in [0.29, 0.717) is 5.56 Å². The van der Waals surface area contributed by atoms with E-state index in [0.717, 1.165) is 6.07 Å². The van der Waals surface area contributed by atoms with Crippen molar-refractivity contribution in [2.75, 3.05) is 0 Å². The summed E-state index contributed by atoms with van der Waals surface area (Å²) in [5.41, 5.74) is 4.99. The molecule has 1 aromatic carbocycles. The number of aliphatic hydroxyl groups excluding tert-OH is 2. The van der Waals surface area contributed by atoms with Crippen LogP contribution in [0.15, 0.2) is 18.2 Å². The zero-order valence-corrected chi connectivity index (χ0v) is 8.80. The molecule has 0 aliphatic rings. The monoisotopic (exact) mass is 238 g/mol. The molecule has 0 aliphatic heterocycles. The Kier molecular flexibility index (Phi) is 4.15. The molecule has 17 heavy (non-hydrogen) atoms. The van der Waals surface area contributed by atoms with Crippen LogP contribution in [0.2, 0.25) is 0 Å². The lowest BCUT2D eigenvalue weighted by Gasteiger charge is -2.16. The Hall–Kier alpha value is -1.97. The lowest BCUT2D eigenvalue weighted by atomic mass is 10.0. The normalized spacial score (nSPS) is 13.8. The third kappa shape index (κ3) is 3.00. The zero-order chi connectivity index (χ0) is 13.0. The number of hydrogen-bond donors (Lipinski definition) is 3. The topological polar surface area (TPSA) is 107 Å². The summed E-state index contributed by atoms with van der Waals surface area (Å²) in [4.78, 5) is 10.6. The molecule has 90 valence electrons. The van der Waals surface area contributed by atoms with Crippen LogP contribution in [0.25, 0.3) is 0 Å². The highest BCUT2D eigenvalue weighted by atomic mass is 19.1. The summed E-state index contributed by atoms with van der Waals surface area (Å²) in [6, 6.07) is 5.55. The quantitative estimate of drug-likeness (QED) is 0.673. The average Bonchev–Trinajstić information content (AvgIpc) is 2.27. The van der Waals surface area contributed by atoms with Crippen molar-refractivity contribution in [1.29, 1.82) is 5.26 Å². The summed E-state index contributed by atoms with van der Waals surface area (Å²) in [7, 11) is 0. The summed E-state index contributed by atoms with van der Waals surface area (Å²) in [5, 5.41) is 27.1. The van der Waals surface area contributed by atoms with Gasteiger partial charge in [0, 0.05) is 5.56 Å². The van der Waals surface area contributed by atoms with Gasteiger partial charge in [0.1, 0.15) is 11.9 Å². The van der Waals surface area contributed by atoms with Crippen LogP contribution >= 0.6 is 0 Å². The minimum Gasteiger partial charge on any atom is -0.385 e. The first-order chi connectivity index (χ1) is 7.97. The standard InChI is InChI=1S/C11H11FN2O3/c12-8-5-6(3-4-13)1-2-7(8)9(15)10(16)11(14)17/h1-2,5,9-10,15-16H,3H2,(H2,14,17). The van der Waals surface area contributed by atoms with Crippen LogP contribution in [0.4, 0.5) is 4.39 Å². The molecule has 0 bridgehead atoms. The second kappa shape index (κ2) is 5.39. The van der Waals surface area contributed by atoms with E-state index in [1.165, 1.54) is 12.1 Å². The van der Waals surface area contributed by atoms with Gasteiger partial charge in [-0.05, 0) is 11.6 Å². The van der Waals surface area contributed by atoms with Crippen molar-refractivity contribution < 1.29 is 19.4 Å². The predicted molar refractivity (Wildman–Crippen MR) is 55.9 cm³/mol. The fourth-order valence-corrected chi connectivity index (χ4v) is 1.34. The van der Waals surface area contributed by atoms with E-state index in [9.17, 15) is 19.4 Å². The highest BCUT2D eigenvalue weighted by Gasteiger charge is 2.25. The Morgan fingerprint density at radius 3 is 2.65 bits per heavy atom. The van der Waals surface area contributed by atoms with Crippen LogP contribution in [-0.4, -0.2) is 22.2 Å². The van der Waals surface area contributed by atoms with Gasteiger partial charge in [0.25, 0.3) is 0 Å². The second-order valence-corrected chi connectivity index (χ2v) is 3.48. The molecule has 0 aliphatic carbocycles. The summed E-state index contributed by atoms with van der Waals surface area (Å²) in [5.74, 6) is -1.94.